The number of aliphatic hydroxyl groups is 1. The second kappa shape index (κ2) is 3.99. The number of furan rings is 1. The Kier molecular flexibility index (Phi) is 2.85. The van der Waals surface area contributed by atoms with E-state index >= 15 is 0 Å². The molecule has 84 valence electrons. The Morgan fingerprint density at radius 3 is 3.00 bits per heavy atom. The summed E-state index contributed by atoms with van der Waals surface area (Å²) < 4.78 is 5.51. The first kappa shape index (κ1) is 10.7. The third-order valence-electron chi connectivity index (χ3n) is 3.07. The van der Waals surface area contributed by atoms with E-state index in [1.54, 1.807) is 0 Å². The summed E-state index contributed by atoms with van der Waals surface area (Å²) in [5.41, 5.74) is -0.588. The molecule has 0 bridgehead atoms. The number of hydrogen-bond donors (Lipinski definition) is 2. The summed E-state index contributed by atoms with van der Waals surface area (Å²) in [6.07, 6.45) is 2.23. The fraction of sp³-hybridized carbons (Fsp3) is 0.667. The summed E-state index contributed by atoms with van der Waals surface area (Å²) in [6.45, 7) is 4.92. The molecule has 1 aliphatic rings. The van der Waals surface area contributed by atoms with Crippen molar-refractivity contribution in [1.82, 2.24) is 5.32 Å². The molecule has 0 amide bonds. The summed E-state index contributed by atoms with van der Waals surface area (Å²) >= 11 is 0. The van der Waals surface area contributed by atoms with Gasteiger partial charge in [-0.05, 0) is 45.4 Å². The first-order valence-electron chi connectivity index (χ1n) is 5.58. The summed E-state index contributed by atoms with van der Waals surface area (Å²) in [7, 11) is 0. The molecular weight excluding hydrogens is 190 g/mol. The summed E-state index contributed by atoms with van der Waals surface area (Å²) in [4.78, 5) is 0. The molecule has 15 heavy (non-hydrogen) atoms. The molecule has 0 aromatic carbocycles. The number of nitrogens with one attached hydrogen (secondary N) is 1. The van der Waals surface area contributed by atoms with Crippen molar-refractivity contribution in [3.8, 4) is 0 Å². The molecule has 2 unspecified atom stereocenters. The predicted molar refractivity (Wildman–Crippen MR) is 58.8 cm³/mol. The van der Waals surface area contributed by atoms with Crippen LogP contribution in [0.3, 0.4) is 0 Å². The van der Waals surface area contributed by atoms with Gasteiger partial charge in [0.05, 0.1) is 5.60 Å². The quantitative estimate of drug-likeness (QED) is 0.778. The van der Waals surface area contributed by atoms with Gasteiger partial charge in [-0.1, -0.05) is 0 Å². The maximum absolute atomic E-state index is 10.4. The van der Waals surface area contributed by atoms with Crippen LogP contribution in [0.1, 0.15) is 31.3 Å². The van der Waals surface area contributed by atoms with Crippen LogP contribution in [0, 0.1) is 6.92 Å². The molecule has 2 heterocycles. The van der Waals surface area contributed by atoms with Crippen molar-refractivity contribution < 1.29 is 9.52 Å². The normalized spacial score (nSPS) is 31.8. The van der Waals surface area contributed by atoms with Gasteiger partial charge in [-0.2, -0.15) is 0 Å². The molecule has 3 heteroatoms. The zero-order chi connectivity index (χ0) is 10.9. The minimum absolute atomic E-state index is 0.389. The van der Waals surface area contributed by atoms with Gasteiger partial charge in [-0.3, -0.25) is 0 Å². The molecule has 2 rings (SSSR count). The summed E-state index contributed by atoms with van der Waals surface area (Å²) in [6, 6.07) is 4.29. The average molecular weight is 209 g/mol. The van der Waals surface area contributed by atoms with Gasteiger partial charge in [-0.25, -0.2) is 0 Å². The SMILES string of the molecule is Cc1ccc(CC2(O)CCNC(C)C2)o1. The standard InChI is InChI=1S/C12H19NO2/c1-9-7-12(14,5-6-13-9)8-11-4-3-10(2)15-11/h3-4,9,13-14H,5-8H2,1-2H3. The van der Waals surface area contributed by atoms with Gasteiger partial charge < -0.3 is 14.8 Å². The van der Waals surface area contributed by atoms with E-state index in [1.165, 1.54) is 0 Å². The van der Waals surface area contributed by atoms with Gasteiger partial charge in [-0.15, -0.1) is 0 Å². The number of rotatable bonds is 2. The van der Waals surface area contributed by atoms with E-state index < -0.39 is 5.60 Å². The van der Waals surface area contributed by atoms with E-state index in [4.69, 9.17) is 4.42 Å². The van der Waals surface area contributed by atoms with Crippen LogP contribution in [0.4, 0.5) is 0 Å². The van der Waals surface area contributed by atoms with E-state index in [2.05, 4.69) is 12.2 Å². The molecule has 0 radical (unpaired) electrons. The van der Waals surface area contributed by atoms with Crippen molar-refractivity contribution >= 4 is 0 Å². The Bertz CT molecular complexity index is 334. The molecule has 1 fully saturated rings. The smallest absolute Gasteiger partial charge is 0.107 e. The van der Waals surface area contributed by atoms with Crippen molar-refractivity contribution in [3.05, 3.63) is 23.7 Å². The third kappa shape index (κ3) is 2.61. The van der Waals surface area contributed by atoms with Crippen molar-refractivity contribution in [2.45, 2.75) is 44.8 Å². The predicted octanol–water partition coefficient (Wildman–Crippen LogP) is 1.63. The van der Waals surface area contributed by atoms with Crippen LogP contribution in [-0.2, 0) is 6.42 Å². The largest absolute Gasteiger partial charge is 0.466 e. The first-order chi connectivity index (χ1) is 7.07. The summed E-state index contributed by atoms with van der Waals surface area (Å²) in [5, 5.41) is 13.7. The Labute approximate surface area is 90.5 Å². The molecule has 2 N–H and O–H groups in total. The highest BCUT2D eigenvalue weighted by Crippen LogP contribution is 2.26. The lowest BCUT2D eigenvalue weighted by molar-refractivity contribution is -0.00531. The fourth-order valence-electron chi connectivity index (χ4n) is 2.36. The average Bonchev–Trinajstić information content (AvgIpc) is 2.49. The van der Waals surface area contributed by atoms with Gasteiger partial charge in [0.25, 0.3) is 0 Å². The van der Waals surface area contributed by atoms with Crippen molar-refractivity contribution in [3.63, 3.8) is 0 Å². The van der Waals surface area contributed by atoms with Crippen LogP contribution in [0.5, 0.6) is 0 Å². The van der Waals surface area contributed by atoms with Gasteiger partial charge in [0.2, 0.25) is 0 Å². The van der Waals surface area contributed by atoms with E-state index in [9.17, 15) is 5.11 Å². The molecule has 1 aromatic rings. The van der Waals surface area contributed by atoms with Crippen molar-refractivity contribution in [1.29, 1.82) is 0 Å². The van der Waals surface area contributed by atoms with Crippen LogP contribution >= 0.6 is 0 Å². The Balaban J connectivity index is 2.03. The molecular formula is C12H19NO2. The zero-order valence-electron chi connectivity index (χ0n) is 9.42. The second-order valence-electron chi connectivity index (χ2n) is 4.72. The topological polar surface area (TPSA) is 45.4 Å². The van der Waals surface area contributed by atoms with Crippen LogP contribution in [-0.4, -0.2) is 23.3 Å². The highest BCUT2D eigenvalue weighted by molar-refractivity contribution is 5.09. The maximum Gasteiger partial charge on any atom is 0.107 e. The lowest BCUT2D eigenvalue weighted by Crippen LogP contribution is -2.47. The minimum Gasteiger partial charge on any atom is -0.466 e. The lowest BCUT2D eigenvalue weighted by atomic mass is 9.85. The van der Waals surface area contributed by atoms with E-state index in [0.29, 0.717) is 12.5 Å². The van der Waals surface area contributed by atoms with Crippen LogP contribution < -0.4 is 5.32 Å². The lowest BCUT2D eigenvalue weighted by Gasteiger charge is -2.35. The van der Waals surface area contributed by atoms with E-state index in [0.717, 1.165) is 30.9 Å². The number of hydrogen-bond acceptors (Lipinski definition) is 3. The zero-order valence-corrected chi connectivity index (χ0v) is 9.42. The fourth-order valence-corrected chi connectivity index (χ4v) is 2.36. The van der Waals surface area contributed by atoms with Crippen molar-refractivity contribution in [2.75, 3.05) is 6.54 Å². The molecule has 1 aliphatic heterocycles. The van der Waals surface area contributed by atoms with Crippen molar-refractivity contribution in [2.24, 2.45) is 0 Å². The molecule has 0 aliphatic carbocycles. The van der Waals surface area contributed by atoms with Gasteiger partial charge in [0.1, 0.15) is 11.5 Å². The molecule has 2 atom stereocenters. The van der Waals surface area contributed by atoms with Crippen LogP contribution in [0.15, 0.2) is 16.5 Å². The monoisotopic (exact) mass is 209 g/mol. The van der Waals surface area contributed by atoms with Crippen LogP contribution in [0.2, 0.25) is 0 Å². The molecule has 3 nitrogen and oxygen atoms in total. The van der Waals surface area contributed by atoms with E-state index in [1.807, 2.05) is 19.1 Å². The summed E-state index contributed by atoms with van der Waals surface area (Å²) in [5.74, 6) is 1.81. The van der Waals surface area contributed by atoms with Crippen LogP contribution in [0.25, 0.3) is 0 Å². The van der Waals surface area contributed by atoms with Gasteiger partial charge in [0, 0.05) is 12.5 Å². The highest BCUT2D eigenvalue weighted by atomic mass is 16.3. The van der Waals surface area contributed by atoms with Gasteiger partial charge >= 0.3 is 0 Å². The Morgan fingerprint density at radius 1 is 1.60 bits per heavy atom. The second-order valence-corrected chi connectivity index (χ2v) is 4.72. The minimum atomic E-state index is -0.588. The molecule has 0 spiro atoms. The maximum atomic E-state index is 10.4. The van der Waals surface area contributed by atoms with E-state index in [-0.39, 0.29) is 0 Å². The molecule has 0 saturated carbocycles. The Morgan fingerprint density at radius 2 is 2.40 bits per heavy atom. The number of piperidine rings is 1. The highest BCUT2D eigenvalue weighted by Gasteiger charge is 2.33. The molecule has 1 aromatic heterocycles. The van der Waals surface area contributed by atoms with Gasteiger partial charge in [0.15, 0.2) is 0 Å². The number of aryl methyl sites for hydroxylation is 1. The molecule has 1 saturated heterocycles. The third-order valence-corrected chi connectivity index (χ3v) is 3.07. The first-order valence-corrected chi connectivity index (χ1v) is 5.58. The Hall–Kier alpha value is -0.800.